The Morgan fingerprint density at radius 2 is 2.14 bits per heavy atom. The molecule has 1 aliphatic heterocycles. The normalized spacial score (nSPS) is 28.0. The number of esters is 1. The highest BCUT2D eigenvalue weighted by Crippen LogP contribution is 2.24. The maximum Gasteiger partial charge on any atom is 0.338 e. The van der Waals surface area contributed by atoms with Gasteiger partial charge in [0.1, 0.15) is 24.9 Å². The van der Waals surface area contributed by atoms with Crippen LogP contribution in [0.1, 0.15) is 17.3 Å². The van der Waals surface area contributed by atoms with Crippen molar-refractivity contribution in [1.82, 2.24) is 0 Å². The largest absolute Gasteiger partial charge is 0.459 e. The Morgan fingerprint density at radius 3 is 2.76 bits per heavy atom. The van der Waals surface area contributed by atoms with Crippen molar-refractivity contribution < 1.29 is 24.1 Å². The summed E-state index contributed by atoms with van der Waals surface area (Å²) in [6.07, 6.45) is -3.35. The van der Waals surface area contributed by atoms with Crippen molar-refractivity contribution in [2.75, 3.05) is 13.2 Å². The Morgan fingerprint density at radius 1 is 1.43 bits per heavy atom. The number of ether oxygens (including phenoxy) is 3. The third-order valence-corrected chi connectivity index (χ3v) is 3.21. The minimum absolute atomic E-state index is 0.128. The van der Waals surface area contributed by atoms with Gasteiger partial charge in [0.05, 0.1) is 11.6 Å². The lowest BCUT2D eigenvalue weighted by atomic mass is 10.1. The Labute approximate surface area is 122 Å². The minimum atomic E-state index is -1.00. The predicted octanol–water partition coefficient (Wildman–Crippen LogP) is 0.900. The van der Waals surface area contributed by atoms with Crippen molar-refractivity contribution in [3.63, 3.8) is 0 Å². The van der Waals surface area contributed by atoms with Gasteiger partial charge in [-0.25, -0.2) is 4.79 Å². The van der Waals surface area contributed by atoms with Gasteiger partial charge < -0.3 is 19.3 Å². The fourth-order valence-corrected chi connectivity index (χ4v) is 2.17. The summed E-state index contributed by atoms with van der Waals surface area (Å²) in [5, 5.41) is 19.1. The van der Waals surface area contributed by atoms with Crippen LogP contribution in [0.2, 0.25) is 0 Å². The third-order valence-electron chi connectivity index (χ3n) is 3.21. The van der Waals surface area contributed by atoms with E-state index in [0.29, 0.717) is 12.2 Å². The van der Waals surface area contributed by atoms with Crippen LogP contribution in [0.5, 0.6) is 0 Å². The van der Waals surface area contributed by atoms with E-state index in [4.69, 9.17) is 19.5 Å². The summed E-state index contributed by atoms with van der Waals surface area (Å²) in [4.78, 5) is 11.8. The lowest BCUT2D eigenvalue weighted by molar-refractivity contribution is -0.0316. The van der Waals surface area contributed by atoms with Gasteiger partial charge in [-0.2, -0.15) is 5.26 Å². The molecule has 0 saturated carbocycles. The molecule has 112 valence electrons. The monoisotopic (exact) mass is 291 g/mol. The van der Waals surface area contributed by atoms with Crippen molar-refractivity contribution >= 4 is 5.97 Å². The van der Waals surface area contributed by atoms with E-state index >= 15 is 0 Å². The molecule has 4 atom stereocenters. The lowest BCUT2D eigenvalue weighted by Crippen LogP contribution is -2.36. The maximum atomic E-state index is 11.8. The van der Waals surface area contributed by atoms with Crippen LogP contribution in [0.15, 0.2) is 30.3 Å². The summed E-state index contributed by atoms with van der Waals surface area (Å²) in [6.45, 7) is 2.00. The van der Waals surface area contributed by atoms with Crippen LogP contribution in [0, 0.1) is 11.3 Å². The number of hydrogen-bond donors (Lipinski definition) is 1. The first-order chi connectivity index (χ1) is 10.2. The molecule has 1 aromatic carbocycles. The molecule has 1 aromatic rings. The Balaban J connectivity index is 1.92. The fourth-order valence-electron chi connectivity index (χ4n) is 2.17. The van der Waals surface area contributed by atoms with Crippen LogP contribution in [0.4, 0.5) is 0 Å². The van der Waals surface area contributed by atoms with Crippen LogP contribution in [-0.2, 0) is 14.2 Å². The molecule has 0 radical (unpaired) electrons. The number of nitrogens with zero attached hydrogens (tertiary/aromatic N) is 1. The molecular weight excluding hydrogens is 274 g/mol. The highest BCUT2D eigenvalue weighted by Gasteiger charge is 2.45. The molecule has 0 bridgehead atoms. The van der Waals surface area contributed by atoms with E-state index in [0.717, 1.165) is 0 Å². The van der Waals surface area contributed by atoms with Gasteiger partial charge in [0.2, 0.25) is 0 Å². The van der Waals surface area contributed by atoms with Crippen molar-refractivity contribution in [3.8, 4) is 6.07 Å². The molecule has 1 heterocycles. The zero-order valence-corrected chi connectivity index (χ0v) is 11.6. The SMILES string of the molecule is CCOC1C(C#N)OC(COC(=O)c2ccccc2)C1O. The average Bonchev–Trinajstić information content (AvgIpc) is 2.82. The molecule has 0 aliphatic carbocycles. The van der Waals surface area contributed by atoms with Gasteiger partial charge in [-0.3, -0.25) is 0 Å². The second kappa shape index (κ2) is 7.18. The molecule has 1 saturated heterocycles. The molecule has 4 unspecified atom stereocenters. The first kappa shape index (κ1) is 15.4. The standard InChI is InChI=1S/C15H17NO5/c1-2-19-14-11(8-16)21-12(13(14)17)9-20-15(18)10-6-4-3-5-7-10/h3-7,11-14,17H,2,9H2,1H3. The Bertz CT molecular complexity index is 513. The zero-order valence-electron chi connectivity index (χ0n) is 11.6. The Kier molecular flexibility index (Phi) is 5.28. The number of nitriles is 1. The molecular formula is C15H17NO5. The van der Waals surface area contributed by atoms with Crippen molar-refractivity contribution in [1.29, 1.82) is 5.26 Å². The van der Waals surface area contributed by atoms with Gasteiger partial charge in [0.15, 0.2) is 6.10 Å². The maximum absolute atomic E-state index is 11.8. The van der Waals surface area contributed by atoms with E-state index in [1.54, 1.807) is 37.3 Å². The molecule has 2 rings (SSSR count). The first-order valence-electron chi connectivity index (χ1n) is 6.74. The number of benzene rings is 1. The second-order valence-electron chi connectivity index (χ2n) is 4.60. The van der Waals surface area contributed by atoms with E-state index in [1.165, 1.54) is 0 Å². The summed E-state index contributed by atoms with van der Waals surface area (Å²) in [5.74, 6) is -0.500. The smallest absolute Gasteiger partial charge is 0.338 e. The molecule has 21 heavy (non-hydrogen) atoms. The summed E-state index contributed by atoms with van der Waals surface area (Å²) in [5.41, 5.74) is 0.420. The van der Waals surface area contributed by atoms with Gasteiger partial charge in [0.25, 0.3) is 0 Å². The molecule has 6 heteroatoms. The fraction of sp³-hybridized carbons (Fsp3) is 0.467. The van der Waals surface area contributed by atoms with Crippen molar-refractivity contribution in [3.05, 3.63) is 35.9 Å². The number of aliphatic hydroxyl groups is 1. The average molecular weight is 291 g/mol. The van der Waals surface area contributed by atoms with Gasteiger partial charge in [-0.1, -0.05) is 18.2 Å². The van der Waals surface area contributed by atoms with E-state index < -0.39 is 30.4 Å². The summed E-state index contributed by atoms with van der Waals surface area (Å²) in [7, 11) is 0. The van der Waals surface area contributed by atoms with E-state index in [9.17, 15) is 9.90 Å². The van der Waals surface area contributed by atoms with Crippen molar-refractivity contribution in [2.24, 2.45) is 0 Å². The van der Waals surface area contributed by atoms with E-state index in [1.807, 2.05) is 6.07 Å². The summed E-state index contributed by atoms with van der Waals surface area (Å²) >= 11 is 0. The molecule has 1 N–H and O–H groups in total. The van der Waals surface area contributed by atoms with E-state index in [2.05, 4.69) is 0 Å². The van der Waals surface area contributed by atoms with Crippen LogP contribution < -0.4 is 0 Å². The predicted molar refractivity (Wildman–Crippen MR) is 72.4 cm³/mol. The van der Waals surface area contributed by atoms with Crippen LogP contribution >= 0.6 is 0 Å². The van der Waals surface area contributed by atoms with Gasteiger partial charge >= 0.3 is 5.97 Å². The molecule has 0 spiro atoms. The lowest BCUT2D eigenvalue weighted by Gasteiger charge is -2.17. The van der Waals surface area contributed by atoms with Gasteiger partial charge in [-0.15, -0.1) is 0 Å². The molecule has 0 amide bonds. The van der Waals surface area contributed by atoms with Crippen LogP contribution in [0.3, 0.4) is 0 Å². The zero-order chi connectivity index (χ0) is 15.2. The number of carbonyl (C=O) groups excluding carboxylic acids is 1. The number of aliphatic hydroxyl groups excluding tert-OH is 1. The highest BCUT2D eigenvalue weighted by molar-refractivity contribution is 5.89. The topological polar surface area (TPSA) is 88.8 Å². The highest BCUT2D eigenvalue weighted by atomic mass is 16.6. The van der Waals surface area contributed by atoms with Crippen LogP contribution in [-0.4, -0.2) is 48.7 Å². The first-order valence-corrected chi connectivity index (χ1v) is 6.74. The van der Waals surface area contributed by atoms with Crippen molar-refractivity contribution in [2.45, 2.75) is 31.3 Å². The molecule has 1 fully saturated rings. The van der Waals surface area contributed by atoms with E-state index in [-0.39, 0.29) is 6.61 Å². The second-order valence-corrected chi connectivity index (χ2v) is 4.60. The minimum Gasteiger partial charge on any atom is -0.459 e. The number of rotatable bonds is 5. The Hall–Kier alpha value is -1.94. The molecule has 6 nitrogen and oxygen atoms in total. The molecule has 1 aliphatic rings. The quantitative estimate of drug-likeness (QED) is 0.811. The number of hydrogen-bond acceptors (Lipinski definition) is 6. The third kappa shape index (κ3) is 3.58. The molecule has 0 aromatic heterocycles. The van der Waals surface area contributed by atoms with Crippen LogP contribution in [0.25, 0.3) is 0 Å². The summed E-state index contributed by atoms with van der Waals surface area (Å²) < 4.78 is 15.8. The van der Waals surface area contributed by atoms with Gasteiger partial charge in [-0.05, 0) is 19.1 Å². The number of carbonyl (C=O) groups is 1. The van der Waals surface area contributed by atoms with Gasteiger partial charge in [0, 0.05) is 6.61 Å². The summed E-state index contributed by atoms with van der Waals surface area (Å²) in [6, 6.07) is 10.5.